The molecule has 0 radical (unpaired) electrons. The van der Waals surface area contributed by atoms with Gasteiger partial charge >= 0.3 is 6.18 Å². The quantitative estimate of drug-likeness (QED) is 0.671. The van der Waals surface area contributed by atoms with Crippen molar-refractivity contribution in [2.45, 2.75) is 11.3 Å². The summed E-state index contributed by atoms with van der Waals surface area (Å²) >= 11 is 1.08. The largest absolute Gasteiger partial charge is 0.418 e. The van der Waals surface area contributed by atoms with Crippen LogP contribution in [-0.4, -0.2) is 31.4 Å². The van der Waals surface area contributed by atoms with Gasteiger partial charge in [0.1, 0.15) is 0 Å². The summed E-state index contributed by atoms with van der Waals surface area (Å²) < 4.78 is 40.7. The molecule has 2 heterocycles. The molecule has 1 N–H and O–H groups in total. The molecule has 2 aromatic heterocycles. The van der Waals surface area contributed by atoms with Crippen LogP contribution in [0, 0.1) is 0 Å². The molecule has 1 aromatic carbocycles. The van der Waals surface area contributed by atoms with Gasteiger partial charge in [-0.2, -0.15) is 13.2 Å². The van der Waals surface area contributed by atoms with Crippen molar-refractivity contribution in [1.29, 1.82) is 0 Å². The average molecular weight is 393 g/mol. The molecule has 0 bridgehead atoms. The fourth-order valence-corrected chi connectivity index (χ4v) is 3.06. The van der Waals surface area contributed by atoms with Gasteiger partial charge in [0.2, 0.25) is 5.91 Å². The predicted molar refractivity (Wildman–Crippen MR) is 95.0 cm³/mol. The molecule has 0 saturated carbocycles. The number of alkyl halides is 3. The van der Waals surface area contributed by atoms with Crippen LogP contribution in [0.25, 0.3) is 11.4 Å². The lowest BCUT2D eigenvalue weighted by Gasteiger charge is -2.13. The molecular weight excluding hydrogens is 379 g/mol. The molecular formula is C17H14F3N5OS. The van der Waals surface area contributed by atoms with Crippen LogP contribution in [0.5, 0.6) is 0 Å². The molecule has 27 heavy (non-hydrogen) atoms. The van der Waals surface area contributed by atoms with Crippen LogP contribution in [0.2, 0.25) is 0 Å². The van der Waals surface area contributed by atoms with E-state index >= 15 is 0 Å². The number of carbonyl (C=O) groups excluding carboxylic acids is 1. The van der Waals surface area contributed by atoms with E-state index in [-0.39, 0.29) is 11.4 Å². The lowest BCUT2D eigenvalue weighted by atomic mass is 10.1. The molecule has 0 spiro atoms. The Morgan fingerprint density at radius 2 is 1.85 bits per heavy atom. The molecule has 6 nitrogen and oxygen atoms in total. The van der Waals surface area contributed by atoms with Gasteiger partial charge in [0.15, 0.2) is 11.0 Å². The van der Waals surface area contributed by atoms with Crippen molar-refractivity contribution in [1.82, 2.24) is 19.7 Å². The summed E-state index contributed by atoms with van der Waals surface area (Å²) in [4.78, 5) is 16.0. The molecule has 0 fully saturated rings. The van der Waals surface area contributed by atoms with Crippen molar-refractivity contribution in [2.75, 3.05) is 11.1 Å². The van der Waals surface area contributed by atoms with Gasteiger partial charge in [-0.25, -0.2) is 0 Å². The lowest BCUT2D eigenvalue weighted by Crippen LogP contribution is -2.18. The number of benzene rings is 1. The first kappa shape index (κ1) is 18.9. The van der Waals surface area contributed by atoms with Gasteiger partial charge in [-0.1, -0.05) is 23.9 Å². The lowest BCUT2D eigenvalue weighted by molar-refractivity contribution is -0.137. The third-order valence-electron chi connectivity index (χ3n) is 3.61. The molecule has 3 rings (SSSR count). The van der Waals surface area contributed by atoms with Gasteiger partial charge in [0.25, 0.3) is 0 Å². The Hall–Kier alpha value is -2.88. The molecule has 140 valence electrons. The number of pyridine rings is 1. The van der Waals surface area contributed by atoms with Crippen molar-refractivity contribution in [3.8, 4) is 11.4 Å². The number of para-hydroxylation sites is 1. The molecule has 1 amide bonds. The summed E-state index contributed by atoms with van der Waals surface area (Å²) in [5.74, 6) is -0.0676. The number of thioether (sulfide) groups is 1. The highest BCUT2D eigenvalue weighted by atomic mass is 32.2. The molecule has 0 unspecified atom stereocenters. The zero-order valence-corrected chi connectivity index (χ0v) is 14.9. The second-order valence-electron chi connectivity index (χ2n) is 5.48. The van der Waals surface area contributed by atoms with E-state index in [2.05, 4.69) is 20.5 Å². The van der Waals surface area contributed by atoms with Gasteiger partial charge in [-0.15, -0.1) is 10.2 Å². The minimum Gasteiger partial charge on any atom is -0.325 e. The van der Waals surface area contributed by atoms with E-state index in [1.54, 1.807) is 36.1 Å². The summed E-state index contributed by atoms with van der Waals surface area (Å²) in [6.07, 6.45) is -1.29. The van der Waals surface area contributed by atoms with Gasteiger partial charge in [0.05, 0.1) is 17.0 Å². The number of anilines is 1. The first-order chi connectivity index (χ1) is 12.9. The Morgan fingerprint density at radius 1 is 1.15 bits per heavy atom. The number of aromatic nitrogens is 4. The van der Waals surface area contributed by atoms with Crippen LogP contribution in [-0.2, 0) is 18.0 Å². The van der Waals surface area contributed by atoms with E-state index < -0.39 is 17.6 Å². The Morgan fingerprint density at radius 3 is 2.56 bits per heavy atom. The Balaban J connectivity index is 1.67. The number of nitrogens with one attached hydrogen (secondary N) is 1. The first-order valence-electron chi connectivity index (χ1n) is 7.75. The van der Waals surface area contributed by atoms with Crippen molar-refractivity contribution >= 4 is 23.4 Å². The number of amides is 1. The highest BCUT2D eigenvalue weighted by molar-refractivity contribution is 7.99. The monoisotopic (exact) mass is 393 g/mol. The van der Waals surface area contributed by atoms with Crippen LogP contribution in [0.15, 0.2) is 53.9 Å². The highest BCUT2D eigenvalue weighted by Gasteiger charge is 2.33. The van der Waals surface area contributed by atoms with E-state index in [4.69, 9.17) is 0 Å². The minimum absolute atomic E-state index is 0.103. The van der Waals surface area contributed by atoms with Crippen LogP contribution in [0.4, 0.5) is 18.9 Å². The standard InChI is InChI=1S/C17H14F3N5OS/c1-25-15(11-6-8-21-9-7-11)23-24-16(25)27-10-14(26)22-13-5-3-2-4-12(13)17(18,19)20/h2-9H,10H2,1H3,(H,22,26). The van der Waals surface area contributed by atoms with E-state index in [1.807, 2.05) is 0 Å². The van der Waals surface area contributed by atoms with Crippen molar-refractivity contribution < 1.29 is 18.0 Å². The third kappa shape index (κ3) is 4.45. The summed E-state index contributed by atoms with van der Waals surface area (Å²) in [6, 6.07) is 8.40. The zero-order valence-electron chi connectivity index (χ0n) is 14.1. The van der Waals surface area contributed by atoms with E-state index in [0.29, 0.717) is 11.0 Å². The smallest absolute Gasteiger partial charge is 0.325 e. The molecule has 0 saturated heterocycles. The minimum atomic E-state index is -4.54. The number of carbonyl (C=O) groups is 1. The number of rotatable bonds is 5. The molecule has 10 heteroatoms. The van der Waals surface area contributed by atoms with Crippen molar-refractivity contribution in [3.05, 3.63) is 54.4 Å². The van der Waals surface area contributed by atoms with Crippen LogP contribution in [0.1, 0.15) is 5.56 Å². The SMILES string of the molecule is Cn1c(SCC(=O)Nc2ccccc2C(F)(F)F)nnc1-c1ccncc1. The molecule has 0 aliphatic heterocycles. The fourth-order valence-electron chi connectivity index (χ4n) is 2.35. The van der Waals surface area contributed by atoms with Crippen molar-refractivity contribution in [2.24, 2.45) is 7.05 Å². The van der Waals surface area contributed by atoms with E-state index in [1.165, 1.54) is 18.2 Å². The maximum atomic E-state index is 13.0. The number of hydrogen-bond acceptors (Lipinski definition) is 5. The average Bonchev–Trinajstić information content (AvgIpc) is 3.01. The second-order valence-corrected chi connectivity index (χ2v) is 6.42. The summed E-state index contributed by atoms with van der Waals surface area (Å²) in [5, 5.41) is 10.9. The maximum absolute atomic E-state index is 13.0. The van der Waals surface area contributed by atoms with E-state index in [9.17, 15) is 18.0 Å². The zero-order chi connectivity index (χ0) is 19.4. The summed E-state index contributed by atoms with van der Waals surface area (Å²) in [7, 11) is 1.74. The maximum Gasteiger partial charge on any atom is 0.418 e. The third-order valence-corrected chi connectivity index (χ3v) is 4.63. The number of halogens is 3. The van der Waals surface area contributed by atoms with Crippen LogP contribution < -0.4 is 5.32 Å². The molecule has 0 atom stereocenters. The van der Waals surface area contributed by atoms with E-state index in [0.717, 1.165) is 23.4 Å². The van der Waals surface area contributed by atoms with Gasteiger partial charge in [-0.05, 0) is 24.3 Å². The van der Waals surface area contributed by atoms with Crippen LogP contribution >= 0.6 is 11.8 Å². The molecule has 0 aliphatic carbocycles. The molecule has 0 aliphatic rings. The van der Waals surface area contributed by atoms with Crippen LogP contribution in [0.3, 0.4) is 0 Å². The highest BCUT2D eigenvalue weighted by Crippen LogP contribution is 2.34. The predicted octanol–water partition coefficient (Wildman–Crippen LogP) is 3.63. The summed E-state index contributed by atoms with van der Waals surface area (Å²) in [5.41, 5.74) is -0.344. The van der Waals surface area contributed by atoms with Crippen molar-refractivity contribution in [3.63, 3.8) is 0 Å². The van der Waals surface area contributed by atoms with Gasteiger partial charge in [0, 0.05) is 25.0 Å². The Labute approximate surface area is 156 Å². The normalized spacial score (nSPS) is 11.4. The molecule has 3 aromatic rings. The van der Waals surface area contributed by atoms with Gasteiger partial charge < -0.3 is 9.88 Å². The number of hydrogen-bond donors (Lipinski definition) is 1. The second kappa shape index (κ2) is 7.78. The summed E-state index contributed by atoms with van der Waals surface area (Å²) in [6.45, 7) is 0. The Bertz CT molecular complexity index is 943. The first-order valence-corrected chi connectivity index (χ1v) is 8.73. The topological polar surface area (TPSA) is 72.7 Å². The Kier molecular flexibility index (Phi) is 5.45. The fraction of sp³-hybridized carbons (Fsp3) is 0.176. The van der Waals surface area contributed by atoms with Gasteiger partial charge in [-0.3, -0.25) is 9.78 Å². The number of nitrogens with zero attached hydrogens (tertiary/aromatic N) is 4.